The number of amides is 1. The quantitative estimate of drug-likeness (QED) is 0.820. The van der Waals surface area contributed by atoms with Crippen molar-refractivity contribution >= 4 is 16.8 Å². The summed E-state index contributed by atoms with van der Waals surface area (Å²) in [4.78, 5) is 17.7. The molecule has 3 nitrogen and oxygen atoms in total. The average molecular weight is 242 g/mol. The maximum atomic E-state index is 12.6. The van der Waals surface area contributed by atoms with Gasteiger partial charge in [0.1, 0.15) is 0 Å². The molecule has 1 aliphatic heterocycles. The number of hydrogen-bond acceptors (Lipinski definition) is 1. The Balaban J connectivity index is 1.95. The van der Waals surface area contributed by atoms with E-state index in [1.807, 2.05) is 35.4 Å². The largest absolute Gasteiger partial charge is 0.361 e. The molecule has 0 radical (unpaired) electrons. The van der Waals surface area contributed by atoms with Gasteiger partial charge in [-0.3, -0.25) is 4.79 Å². The number of benzene rings is 1. The van der Waals surface area contributed by atoms with E-state index in [-0.39, 0.29) is 5.91 Å². The van der Waals surface area contributed by atoms with Crippen molar-refractivity contribution in [1.29, 1.82) is 0 Å². The number of rotatable bonds is 1. The van der Waals surface area contributed by atoms with E-state index in [2.05, 4.69) is 18.8 Å². The van der Waals surface area contributed by atoms with Gasteiger partial charge in [0.2, 0.25) is 0 Å². The Bertz CT molecular complexity index is 577. The fourth-order valence-electron chi connectivity index (χ4n) is 2.74. The van der Waals surface area contributed by atoms with E-state index < -0.39 is 0 Å². The van der Waals surface area contributed by atoms with Crippen LogP contribution in [0, 0.1) is 11.8 Å². The van der Waals surface area contributed by atoms with Gasteiger partial charge in [0.15, 0.2) is 0 Å². The highest BCUT2D eigenvalue weighted by atomic mass is 16.2. The van der Waals surface area contributed by atoms with Crippen molar-refractivity contribution in [3.63, 3.8) is 0 Å². The van der Waals surface area contributed by atoms with E-state index in [4.69, 9.17) is 0 Å². The fraction of sp³-hybridized carbons (Fsp3) is 0.400. The Morgan fingerprint density at radius 2 is 1.94 bits per heavy atom. The zero-order chi connectivity index (χ0) is 12.7. The van der Waals surface area contributed by atoms with Crippen LogP contribution in [0.3, 0.4) is 0 Å². The Kier molecular flexibility index (Phi) is 2.62. The number of aromatic amines is 1. The Hall–Kier alpha value is -1.77. The number of aromatic nitrogens is 1. The van der Waals surface area contributed by atoms with Crippen molar-refractivity contribution in [2.45, 2.75) is 13.8 Å². The van der Waals surface area contributed by atoms with Crippen LogP contribution in [0.25, 0.3) is 10.9 Å². The number of nitrogens with zero attached hydrogens (tertiary/aromatic N) is 1. The predicted octanol–water partition coefficient (Wildman–Crippen LogP) is 2.90. The molecule has 1 fully saturated rings. The molecule has 0 spiro atoms. The van der Waals surface area contributed by atoms with Crippen LogP contribution >= 0.6 is 0 Å². The molecule has 1 aliphatic rings. The first-order valence-corrected chi connectivity index (χ1v) is 6.52. The SMILES string of the molecule is CC1CN(C(=O)c2cccc3[nH]ccc23)CC1C. The van der Waals surface area contributed by atoms with Crippen molar-refractivity contribution in [1.82, 2.24) is 9.88 Å². The summed E-state index contributed by atoms with van der Waals surface area (Å²) in [6.07, 6.45) is 1.89. The van der Waals surface area contributed by atoms with Gasteiger partial charge in [-0.15, -0.1) is 0 Å². The summed E-state index contributed by atoms with van der Waals surface area (Å²) in [6, 6.07) is 7.84. The predicted molar refractivity (Wildman–Crippen MR) is 72.5 cm³/mol. The van der Waals surface area contributed by atoms with Gasteiger partial charge in [-0.1, -0.05) is 19.9 Å². The van der Waals surface area contributed by atoms with Gasteiger partial charge in [0.25, 0.3) is 5.91 Å². The van der Waals surface area contributed by atoms with Gasteiger partial charge in [-0.25, -0.2) is 0 Å². The van der Waals surface area contributed by atoms with Crippen molar-refractivity contribution in [2.75, 3.05) is 13.1 Å². The maximum Gasteiger partial charge on any atom is 0.254 e. The van der Waals surface area contributed by atoms with E-state index in [1.54, 1.807) is 0 Å². The molecule has 0 saturated carbocycles. The summed E-state index contributed by atoms with van der Waals surface area (Å²) in [5, 5.41) is 1.02. The molecule has 94 valence electrons. The number of fused-ring (bicyclic) bond motifs is 1. The number of carbonyl (C=O) groups is 1. The van der Waals surface area contributed by atoms with Crippen LogP contribution in [0.1, 0.15) is 24.2 Å². The molecule has 0 bridgehead atoms. The lowest BCUT2D eigenvalue weighted by atomic mass is 10.0. The van der Waals surface area contributed by atoms with Gasteiger partial charge in [0, 0.05) is 35.8 Å². The fourth-order valence-corrected chi connectivity index (χ4v) is 2.74. The lowest BCUT2D eigenvalue weighted by Gasteiger charge is -2.16. The van der Waals surface area contributed by atoms with Crippen LogP contribution in [-0.4, -0.2) is 28.9 Å². The highest BCUT2D eigenvalue weighted by Gasteiger charge is 2.30. The molecular weight excluding hydrogens is 224 g/mol. The summed E-state index contributed by atoms with van der Waals surface area (Å²) < 4.78 is 0. The van der Waals surface area contributed by atoms with Gasteiger partial charge >= 0.3 is 0 Å². The second-order valence-electron chi connectivity index (χ2n) is 5.41. The minimum atomic E-state index is 0.163. The van der Waals surface area contributed by atoms with Crippen LogP contribution < -0.4 is 0 Å². The second-order valence-corrected chi connectivity index (χ2v) is 5.41. The Morgan fingerprint density at radius 3 is 2.67 bits per heavy atom. The normalized spacial score (nSPS) is 23.8. The highest BCUT2D eigenvalue weighted by Crippen LogP contribution is 2.26. The molecule has 3 rings (SSSR count). The number of H-pyrrole nitrogens is 1. The third kappa shape index (κ3) is 1.70. The Morgan fingerprint density at radius 1 is 1.22 bits per heavy atom. The number of carbonyl (C=O) groups excluding carboxylic acids is 1. The lowest BCUT2D eigenvalue weighted by molar-refractivity contribution is 0.0787. The van der Waals surface area contributed by atoms with E-state index in [0.29, 0.717) is 11.8 Å². The topological polar surface area (TPSA) is 36.1 Å². The zero-order valence-electron chi connectivity index (χ0n) is 10.8. The van der Waals surface area contributed by atoms with E-state index in [1.165, 1.54) is 0 Å². The highest BCUT2D eigenvalue weighted by molar-refractivity contribution is 6.06. The van der Waals surface area contributed by atoms with Crippen LogP contribution in [0.15, 0.2) is 30.5 Å². The number of hydrogen-bond donors (Lipinski definition) is 1. The summed E-state index contributed by atoms with van der Waals surface area (Å²) in [7, 11) is 0. The van der Waals surface area contributed by atoms with Gasteiger partial charge in [-0.05, 0) is 30.0 Å². The lowest BCUT2D eigenvalue weighted by Crippen LogP contribution is -2.28. The standard InChI is InChI=1S/C15H18N2O/c1-10-8-17(9-11(10)2)15(18)13-4-3-5-14-12(13)6-7-16-14/h3-7,10-11,16H,8-9H2,1-2H3. The third-order valence-electron chi connectivity index (χ3n) is 4.10. The molecule has 2 atom stereocenters. The molecule has 3 heteroatoms. The van der Waals surface area contributed by atoms with E-state index in [9.17, 15) is 4.79 Å². The average Bonchev–Trinajstić information content (AvgIpc) is 2.95. The van der Waals surface area contributed by atoms with E-state index in [0.717, 1.165) is 29.6 Å². The van der Waals surface area contributed by atoms with Gasteiger partial charge < -0.3 is 9.88 Å². The van der Waals surface area contributed by atoms with Crippen LogP contribution in [0.2, 0.25) is 0 Å². The minimum Gasteiger partial charge on any atom is -0.361 e. The molecule has 2 heterocycles. The first-order chi connectivity index (χ1) is 8.66. The molecule has 2 unspecified atom stereocenters. The van der Waals surface area contributed by atoms with Crippen molar-refractivity contribution < 1.29 is 4.79 Å². The van der Waals surface area contributed by atoms with Gasteiger partial charge in [-0.2, -0.15) is 0 Å². The molecule has 1 aromatic heterocycles. The van der Waals surface area contributed by atoms with Crippen molar-refractivity contribution in [2.24, 2.45) is 11.8 Å². The van der Waals surface area contributed by atoms with Crippen LogP contribution in [0.5, 0.6) is 0 Å². The van der Waals surface area contributed by atoms with Crippen LogP contribution in [-0.2, 0) is 0 Å². The van der Waals surface area contributed by atoms with Crippen molar-refractivity contribution in [3.8, 4) is 0 Å². The summed E-state index contributed by atoms with van der Waals surface area (Å²) >= 11 is 0. The number of nitrogens with one attached hydrogen (secondary N) is 1. The smallest absolute Gasteiger partial charge is 0.254 e. The molecule has 1 aromatic carbocycles. The Labute approximate surface area is 107 Å². The monoisotopic (exact) mass is 242 g/mol. The summed E-state index contributed by atoms with van der Waals surface area (Å²) in [6.45, 7) is 6.19. The van der Waals surface area contributed by atoms with Crippen molar-refractivity contribution in [3.05, 3.63) is 36.0 Å². The summed E-state index contributed by atoms with van der Waals surface area (Å²) in [5.41, 5.74) is 1.84. The summed E-state index contributed by atoms with van der Waals surface area (Å²) in [5.74, 6) is 1.36. The molecular formula is C15H18N2O. The number of likely N-dealkylation sites (tertiary alicyclic amines) is 1. The molecule has 2 aromatic rings. The molecule has 0 aliphatic carbocycles. The zero-order valence-corrected chi connectivity index (χ0v) is 10.8. The van der Waals surface area contributed by atoms with Gasteiger partial charge in [0.05, 0.1) is 0 Å². The molecule has 1 amide bonds. The molecule has 1 N–H and O–H groups in total. The molecule has 1 saturated heterocycles. The molecule has 18 heavy (non-hydrogen) atoms. The maximum absolute atomic E-state index is 12.6. The minimum absolute atomic E-state index is 0.163. The first-order valence-electron chi connectivity index (χ1n) is 6.52. The van der Waals surface area contributed by atoms with E-state index >= 15 is 0 Å². The first kappa shape index (κ1) is 11.3. The third-order valence-corrected chi connectivity index (χ3v) is 4.10. The van der Waals surface area contributed by atoms with Crippen LogP contribution in [0.4, 0.5) is 0 Å². The second kappa shape index (κ2) is 4.16.